The molecule has 2 rings (SSSR count). The fraction of sp³-hybridized carbons (Fsp3) is 0.231. The molecule has 0 fully saturated rings. The summed E-state index contributed by atoms with van der Waals surface area (Å²) >= 11 is 0. The van der Waals surface area contributed by atoms with E-state index in [0.29, 0.717) is 5.82 Å². The minimum absolute atomic E-state index is 0.246. The van der Waals surface area contributed by atoms with Crippen molar-refractivity contribution in [3.8, 4) is 0 Å². The predicted molar refractivity (Wildman–Crippen MR) is 69.9 cm³/mol. The molecule has 1 aromatic carbocycles. The molecule has 1 aromatic heterocycles. The van der Waals surface area contributed by atoms with Crippen LogP contribution in [0.15, 0.2) is 36.4 Å². The number of amides is 1. The minimum Gasteiger partial charge on any atom is -0.316 e. The van der Waals surface area contributed by atoms with Crippen molar-refractivity contribution in [2.75, 3.05) is 5.32 Å². The highest BCUT2D eigenvalue weighted by molar-refractivity contribution is 5.94. The lowest BCUT2D eigenvalue weighted by Gasteiger charge is -2.12. The lowest BCUT2D eigenvalue weighted by atomic mass is 10.1. The number of nitrogens with two attached hydrogens (primary N) is 1. The molecule has 0 unspecified atom stereocenters. The molecule has 0 aliphatic rings. The van der Waals surface area contributed by atoms with E-state index in [1.807, 2.05) is 37.3 Å². The van der Waals surface area contributed by atoms with Crippen molar-refractivity contribution in [3.05, 3.63) is 47.7 Å². The third-order valence-corrected chi connectivity index (χ3v) is 2.69. The molecule has 5 heteroatoms. The quantitative estimate of drug-likeness (QED) is 0.856. The number of carbonyl (C=O) groups excluding carboxylic acids is 1. The van der Waals surface area contributed by atoms with Crippen molar-refractivity contribution >= 4 is 11.7 Å². The summed E-state index contributed by atoms with van der Waals surface area (Å²) in [6.45, 7) is 1.87. The van der Waals surface area contributed by atoms with Crippen LogP contribution in [-0.4, -0.2) is 15.7 Å². The van der Waals surface area contributed by atoms with Crippen molar-refractivity contribution in [1.29, 1.82) is 0 Å². The molecule has 0 aliphatic carbocycles. The standard InChI is InChI=1S/C13H16N4O/c1-9-8-11(17(2)16-9)15-13(18)12(14)10-6-4-3-5-7-10/h3-8,12H,14H2,1-2H3,(H,15,18)/t12-/m1/s1. The molecule has 0 bridgehead atoms. The molecule has 0 radical (unpaired) electrons. The normalized spacial score (nSPS) is 12.2. The molecule has 0 aliphatic heterocycles. The average molecular weight is 244 g/mol. The Morgan fingerprint density at radius 3 is 2.61 bits per heavy atom. The first kappa shape index (κ1) is 12.3. The Labute approximate surface area is 106 Å². The van der Waals surface area contributed by atoms with Gasteiger partial charge in [0, 0.05) is 13.1 Å². The van der Waals surface area contributed by atoms with Gasteiger partial charge in [-0.05, 0) is 12.5 Å². The maximum absolute atomic E-state index is 12.0. The second kappa shape index (κ2) is 5.01. The number of benzene rings is 1. The molecule has 18 heavy (non-hydrogen) atoms. The number of anilines is 1. The Balaban J connectivity index is 2.11. The van der Waals surface area contributed by atoms with Crippen molar-refractivity contribution in [2.45, 2.75) is 13.0 Å². The summed E-state index contributed by atoms with van der Waals surface area (Å²) in [6.07, 6.45) is 0. The lowest BCUT2D eigenvalue weighted by molar-refractivity contribution is -0.117. The van der Waals surface area contributed by atoms with E-state index in [1.165, 1.54) is 0 Å². The topological polar surface area (TPSA) is 72.9 Å². The van der Waals surface area contributed by atoms with Crippen LogP contribution in [-0.2, 0) is 11.8 Å². The number of carbonyl (C=O) groups is 1. The summed E-state index contributed by atoms with van der Waals surface area (Å²) in [5, 5.41) is 6.92. The van der Waals surface area contributed by atoms with E-state index in [9.17, 15) is 4.79 Å². The van der Waals surface area contributed by atoms with Gasteiger partial charge in [-0.15, -0.1) is 0 Å². The van der Waals surface area contributed by atoms with Gasteiger partial charge in [0.05, 0.1) is 5.69 Å². The second-order valence-electron chi connectivity index (χ2n) is 4.17. The molecule has 3 N–H and O–H groups in total. The molecule has 0 spiro atoms. The zero-order valence-electron chi connectivity index (χ0n) is 10.4. The van der Waals surface area contributed by atoms with Crippen LogP contribution < -0.4 is 11.1 Å². The summed E-state index contributed by atoms with van der Waals surface area (Å²) in [5.74, 6) is 0.396. The van der Waals surface area contributed by atoms with Crippen molar-refractivity contribution < 1.29 is 4.79 Å². The van der Waals surface area contributed by atoms with Crippen LogP contribution in [0.2, 0.25) is 0 Å². The first-order valence-corrected chi connectivity index (χ1v) is 5.70. The molecular weight excluding hydrogens is 228 g/mol. The van der Waals surface area contributed by atoms with E-state index in [4.69, 9.17) is 5.73 Å². The van der Waals surface area contributed by atoms with Crippen molar-refractivity contribution in [2.24, 2.45) is 12.8 Å². The highest BCUT2D eigenvalue weighted by Gasteiger charge is 2.16. The Morgan fingerprint density at radius 2 is 2.06 bits per heavy atom. The predicted octanol–water partition coefficient (Wildman–Crippen LogP) is 1.37. The van der Waals surface area contributed by atoms with E-state index in [1.54, 1.807) is 17.8 Å². The molecule has 94 valence electrons. The summed E-state index contributed by atoms with van der Waals surface area (Å²) in [5.41, 5.74) is 7.54. The monoisotopic (exact) mass is 244 g/mol. The van der Waals surface area contributed by atoms with Crippen LogP contribution in [0.1, 0.15) is 17.3 Å². The largest absolute Gasteiger partial charge is 0.316 e. The van der Waals surface area contributed by atoms with Crippen LogP contribution in [0.5, 0.6) is 0 Å². The highest BCUT2D eigenvalue weighted by atomic mass is 16.2. The SMILES string of the molecule is Cc1cc(NC(=O)[C@H](N)c2ccccc2)n(C)n1. The molecule has 1 atom stereocenters. The smallest absolute Gasteiger partial charge is 0.247 e. The van der Waals surface area contributed by atoms with Crippen LogP contribution in [0, 0.1) is 6.92 Å². The van der Waals surface area contributed by atoms with Gasteiger partial charge in [0.2, 0.25) is 5.91 Å². The number of nitrogens with one attached hydrogen (secondary N) is 1. The Bertz CT molecular complexity index is 547. The molecule has 2 aromatic rings. The van der Waals surface area contributed by atoms with Gasteiger partial charge in [-0.1, -0.05) is 30.3 Å². The number of rotatable bonds is 3. The Morgan fingerprint density at radius 1 is 1.39 bits per heavy atom. The van der Waals surface area contributed by atoms with Gasteiger partial charge in [-0.3, -0.25) is 9.48 Å². The fourth-order valence-corrected chi connectivity index (χ4v) is 1.74. The average Bonchev–Trinajstić information content (AvgIpc) is 2.68. The Kier molecular flexibility index (Phi) is 3.43. The van der Waals surface area contributed by atoms with Crippen LogP contribution in [0.3, 0.4) is 0 Å². The molecule has 1 heterocycles. The van der Waals surface area contributed by atoms with E-state index in [-0.39, 0.29) is 5.91 Å². The highest BCUT2D eigenvalue weighted by Crippen LogP contribution is 2.14. The van der Waals surface area contributed by atoms with Gasteiger partial charge < -0.3 is 11.1 Å². The first-order valence-electron chi connectivity index (χ1n) is 5.70. The number of hydrogen-bond acceptors (Lipinski definition) is 3. The summed E-state index contributed by atoms with van der Waals surface area (Å²) in [4.78, 5) is 12.0. The summed E-state index contributed by atoms with van der Waals surface area (Å²) in [7, 11) is 1.77. The van der Waals surface area contributed by atoms with Gasteiger partial charge >= 0.3 is 0 Å². The van der Waals surface area contributed by atoms with Crippen LogP contribution in [0.25, 0.3) is 0 Å². The van der Waals surface area contributed by atoms with Gasteiger partial charge in [0.15, 0.2) is 0 Å². The van der Waals surface area contributed by atoms with E-state index in [2.05, 4.69) is 10.4 Å². The van der Waals surface area contributed by atoms with Gasteiger partial charge in [0.1, 0.15) is 11.9 Å². The van der Waals surface area contributed by atoms with Gasteiger partial charge in [0.25, 0.3) is 0 Å². The maximum Gasteiger partial charge on any atom is 0.247 e. The van der Waals surface area contributed by atoms with Crippen molar-refractivity contribution in [3.63, 3.8) is 0 Å². The number of aromatic nitrogens is 2. The van der Waals surface area contributed by atoms with Crippen molar-refractivity contribution in [1.82, 2.24) is 9.78 Å². The fourth-order valence-electron chi connectivity index (χ4n) is 1.74. The Hall–Kier alpha value is -2.14. The van der Waals surface area contributed by atoms with Crippen LogP contribution >= 0.6 is 0 Å². The minimum atomic E-state index is -0.679. The lowest BCUT2D eigenvalue weighted by Crippen LogP contribution is -2.28. The zero-order valence-corrected chi connectivity index (χ0v) is 10.4. The van der Waals surface area contributed by atoms with E-state index < -0.39 is 6.04 Å². The van der Waals surface area contributed by atoms with E-state index >= 15 is 0 Å². The number of nitrogens with zero attached hydrogens (tertiary/aromatic N) is 2. The second-order valence-corrected chi connectivity index (χ2v) is 4.17. The summed E-state index contributed by atoms with van der Waals surface area (Å²) in [6, 6.07) is 10.4. The van der Waals surface area contributed by atoms with E-state index in [0.717, 1.165) is 11.3 Å². The maximum atomic E-state index is 12.0. The summed E-state index contributed by atoms with van der Waals surface area (Å²) < 4.78 is 1.62. The molecule has 0 saturated carbocycles. The molecule has 5 nitrogen and oxygen atoms in total. The third-order valence-electron chi connectivity index (χ3n) is 2.69. The first-order chi connectivity index (χ1) is 8.58. The third kappa shape index (κ3) is 2.57. The molecule has 1 amide bonds. The molecule has 0 saturated heterocycles. The van der Waals surface area contributed by atoms with Gasteiger partial charge in [-0.25, -0.2) is 0 Å². The zero-order chi connectivity index (χ0) is 13.1. The van der Waals surface area contributed by atoms with Crippen LogP contribution in [0.4, 0.5) is 5.82 Å². The van der Waals surface area contributed by atoms with Gasteiger partial charge in [-0.2, -0.15) is 5.10 Å². The number of aryl methyl sites for hydroxylation is 2. The molecular formula is C13H16N4O. The number of hydrogen-bond donors (Lipinski definition) is 2.